The third-order valence-corrected chi connectivity index (χ3v) is 2.18. The second kappa shape index (κ2) is 4.74. The molecule has 5 heteroatoms. The highest BCUT2D eigenvalue weighted by Gasteiger charge is 2.15. The Morgan fingerprint density at radius 3 is 2.50 bits per heavy atom. The van der Waals surface area contributed by atoms with Crippen LogP contribution in [0.1, 0.15) is 39.0 Å². The third-order valence-electron chi connectivity index (χ3n) is 2.18. The number of hydrogen-bond acceptors (Lipinski definition) is 3. The molecule has 1 amide bonds. The molecule has 2 N–H and O–H groups in total. The summed E-state index contributed by atoms with van der Waals surface area (Å²) in [6.07, 6.45) is 0. The van der Waals surface area contributed by atoms with Gasteiger partial charge in [0.1, 0.15) is 5.69 Å². The van der Waals surface area contributed by atoms with Gasteiger partial charge in [0, 0.05) is 6.54 Å². The summed E-state index contributed by atoms with van der Waals surface area (Å²) in [5.41, 5.74) is 1.31. The molecule has 1 heterocycles. The summed E-state index contributed by atoms with van der Waals surface area (Å²) in [5.74, 6) is -1.31. The maximum absolute atomic E-state index is 11.5. The van der Waals surface area contributed by atoms with E-state index < -0.39 is 5.97 Å². The van der Waals surface area contributed by atoms with Crippen molar-refractivity contribution in [2.45, 2.75) is 20.8 Å². The van der Waals surface area contributed by atoms with Crippen molar-refractivity contribution in [2.75, 3.05) is 6.54 Å². The number of aryl methyl sites for hydroxylation is 2. The predicted octanol–water partition coefficient (Wildman–Crippen LogP) is 1.15. The van der Waals surface area contributed by atoms with Crippen molar-refractivity contribution >= 4 is 11.9 Å². The van der Waals surface area contributed by atoms with Crippen molar-refractivity contribution < 1.29 is 14.7 Å². The van der Waals surface area contributed by atoms with Crippen molar-refractivity contribution in [1.29, 1.82) is 0 Å². The van der Waals surface area contributed by atoms with Crippen LogP contribution in [0, 0.1) is 13.8 Å². The number of aromatic carboxylic acids is 1. The first kappa shape index (κ1) is 12.2. The Kier molecular flexibility index (Phi) is 3.60. The molecular weight excluding hydrogens is 208 g/mol. The molecule has 0 aliphatic rings. The van der Waals surface area contributed by atoms with Crippen LogP contribution in [0.5, 0.6) is 0 Å². The first-order valence-corrected chi connectivity index (χ1v) is 4.97. The fraction of sp³-hybridized carbons (Fsp3) is 0.364. The Balaban J connectivity index is 3.19. The van der Waals surface area contributed by atoms with Crippen molar-refractivity contribution in [3.8, 4) is 0 Å². The van der Waals surface area contributed by atoms with E-state index in [2.05, 4.69) is 10.3 Å². The highest BCUT2D eigenvalue weighted by molar-refractivity contribution is 5.95. The summed E-state index contributed by atoms with van der Waals surface area (Å²) in [6, 6.07) is 1.49. The molecule has 1 aromatic heterocycles. The van der Waals surface area contributed by atoms with E-state index in [1.807, 2.05) is 6.92 Å². The second-order valence-electron chi connectivity index (χ2n) is 3.45. The van der Waals surface area contributed by atoms with E-state index in [0.29, 0.717) is 17.8 Å². The predicted molar refractivity (Wildman–Crippen MR) is 58.7 cm³/mol. The molecule has 0 aliphatic heterocycles. The molecule has 0 saturated heterocycles. The number of carboxylic acid groups (broad SMARTS) is 1. The maximum atomic E-state index is 11.5. The lowest BCUT2D eigenvalue weighted by atomic mass is 10.1. The van der Waals surface area contributed by atoms with Crippen LogP contribution >= 0.6 is 0 Å². The van der Waals surface area contributed by atoms with Crippen molar-refractivity contribution in [1.82, 2.24) is 10.3 Å². The zero-order chi connectivity index (χ0) is 12.3. The third kappa shape index (κ3) is 2.36. The van der Waals surface area contributed by atoms with E-state index in [0.717, 1.165) is 0 Å². The normalized spacial score (nSPS) is 9.94. The van der Waals surface area contributed by atoms with Crippen molar-refractivity contribution in [3.05, 3.63) is 28.6 Å². The Morgan fingerprint density at radius 2 is 2.06 bits per heavy atom. The number of carbonyl (C=O) groups excluding carboxylic acids is 1. The van der Waals surface area contributed by atoms with Gasteiger partial charge in [0.2, 0.25) is 0 Å². The summed E-state index contributed by atoms with van der Waals surface area (Å²) in [7, 11) is 0. The Hall–Kier alpha value is -1.91. The fourth-order valence-electron chi connectivity index (χ4n) is 1.52. The molecule has 0 bridgehead atoms. The molecule has 1 aromatic rings. The van der Waals surface area contributed by atoms with Gasteiger partial charge in [-0.25, -0.2) is 9.78 Å². The molecule has 0 unspecified atom stereocenters. The molecule has 0 radical (unpaired) electrons. The molecule has 0 aromatic carbocycles. The maximum Gasteiger partial charge on any atom is 0.337 e. The molecule has 0 aliphatic carbocycles. The number of carboxylic acids is 1. The lowest BCUT2D eigenvalue weighted by Gasteiger charge is -2.08. The summed E-state index contributed by atoms with van der Waals surface area (Å²) in [4.78, 5) is 26.4. The summed E-state index contributed by atoms with van der Waals surface area (Å²) < 4.78 is 0. The first-order valence-electron chi connectivity index (χ1n) is 4.97. The van der Waals surface area contributed by atoms with Gasteiger partial charge in [-0.3, -0.25) is 4.79 Å². The van der Waals surface area contributed by atoms with Crippen LogP contribution in [-0.2, 0) is 0 Å². The van der Waals surface area contributed by atoms with Crippen LogP contribution in [-0.4, -0.2) is 28.5 Å². The lowest BCUT2D eigenvalue weighted by molar-refractivity contribution is 0.0694. The van der Waals surface area contributed by atoms with Gasteiger partial charge >= 0.3 is 5.97 Å². The number of pyridine rings is 1. The minimum Gasteiger partial charge on any atom is -0.478 e. The molecule has 1 rings (SSSR count). The SMILES string of the molecule is CCNC(=O)c1cc(C)c(C(=O)O)c(C)n1. The van der Waals surface area contributed by atoms with Gasteiger partial charge in [0.15, 0.2) is 0 Å². The summed E-state index contributed by atoms with van der Waals surface area (Å²) in [6.45, 7) is 5.56. The molecular formula is C11H14N2O3. The molecule has 5 nitrogen and oxygen atoms in total. The number of nitrogens with one attached hydrogen (secondary N) is 1. The molecule has 0 atom stereocenters. The molecule has 16 heavy (non-hydrogen) atoms. The Bertz CT molecular complexity index is 418. The number of aromatic nitrogens is 1. The van der Waals surface area contributed by atoms with E-state index in [4.69, 9.17) is 5.11 Å². The standard InChI is InChI=1S/C11H14N2O3/c1-4-12-10(14)8-5-6(2)9(11(15)16)7(3)13-8/h5H,4H2,1-3H3,(H,12,14)(H,15,16). The van der Waals surface area contributed by atoms with E-state index >= 15 is 0 Å². The number of rotatable bonds is 3. The van der Waals surface area contributed by atoms with Gasteiger partial charge in [0.25, 0.3) is 5.91 Å². The zero-order valence-corrected chi connectivity index (χ0v) is 9.50. The average Bonchev–Trinajstić information content (AvgIpc) is 2.16. The van der Waals surface area contributed by atoms with Crippen LogP contribution in [0.25, 0.3) is 0 Å². The summed E-state index contributed by atoms with van der Waals surface area (Å²) in [5, 5.41) is 11.6. The lowest BCUT2D eigenvalue weighted by Crippen LogP contribution is -2.24. The van der Waals surface area contributed by atoms with Gasteiger partial charge in [-0.15, -0.1) is 0 Å². The molecule has 0 spiro atoms. The van der Waals surface area contributed by atoms with Crippen LogP contribution in [0.2, 0.25) is 0 Å². The fourth-order valence-corrected chi connectivity index (χ4v) is 1.52. The van der Waals surface area contributed by atoms with E-state index in [-0.39, 0.29) is 17.2 Å². The zero-order valence-electron chi connectivity index (χ0n) is 9.50. The van der Waals surface area contributed by atoms with Gasteiger partial charge < -0.3 is 10.4 Å². The van der Waals surface area contributed by atoms with E-state index in [1.54, 1.807) is 13.8 Å². The van der Waals surface area contributed by atoms with Gasteiger partial charge in [-0.1, -0.05) is 0 Å². The van der Waals surface area contributed by atoms with Gasteiger partial charge in [0.05, 0.1) is 11.3 Å². The topological polar surface area (TPSA) is 79.3 Å². The van der Waals surface area contributed by atoms with E-state index in [9.17, 15) is 9.59 Å². The van der Waals surface area contributed by atoms with Crippen LogP contribution in [0.15, 0.2) is 6.07 Å². The number of carbonyl (C=O) groups is 2. The van der Waals surface area contributed by atoms with Crippen molar-refractivity contribution in [3.63, 3.8) is 0 Å². The molecule has 86 valence electrons. The monoisotopic (exact) mass is 222 g/mol. The van der Waals surface area contributed by atoms with Crippen molar-refractivity contribution in [2.24, 2.45) is 0 Å². The molecule has 0 fully saturated rings. The smallest absolute Gasteiger partial charge is 0.337 e. The number of hydrogen-bond donors (Lipinski definition) is 2. The summed E-state index contributed by atoms with van der Waals surface area (Å²) >= 11 is 0. The number of nitrogens with zero attached hydrogens (tertiary/aromatic N) is 1. The number of amides is 1. The molecule has 0 saturated carbocycles. The van der Waals surface area contributed by atoms with Gasteiger partial charge in [-0.2, -0.15) is 0 Å². The highest BCUT2D eigenvalue weighted by Crippen LogP contribution is 2.13. The first-order chi connectivity index (χ1) is 7.47. The Labute approximate surface area is 93.5 Å². The van der Waals surface area contributed by atoms with Crippen LogP contribution in [0.4, 0.5) is 0 Å². The average molecular weight is 222 g/mol. The Morgan fingerprint density at radius 1 is 1.44 bits per heavy atom. The highest BCUT2D eigenvalue weighted by atomic mass is 16.4. The van der Waals surface area contributed by atoms with Gasteiger partial charge in [-0.05, 0) is 32.4 Å². The largest absolute Gasteiger partial charge is 0.478 e. The minimum atomic E-state index is -1.02. The quantitative estimate of drug-likeness (QED) is 0.803. The van der Waals surface area contributed by atoms with Crippen LogP contribution < -0.4 is 5.32 Å². The van der Waals surface area contributed by atoms with Crippen LogP contribution in [0.3, 0.4) is 0 Å². The minimum absolute atomic E-state index is 0.160. The van der Waals surface area contributed by atoms with E-state index in [1.165, 1.54) is 6.07 Å². The second-order valence-corrected chi connectivity index (χ2v) is 3.45.